The van der Waals surface area contributed by atoms with Gasteiger partial charge in [0.1, 0.15) is 0 Å². The summed E-state index contributed by atoms with van der Waals surface area (Å²) >= 11 is 0. The van der Waals surface area contributed by atoms with E-state index in [1.165, 1.54) is 0 Å². The van der Waals surface area contributed by atoms with Gasteiger partial charge in [-0.2, -0.15) is 0 Å². The number of nitrogens with two attached hydrogens (primary N) is 1. The van der Waals surface area contributed by atoms with E-state index in [9.17, 15) is 0 Å². The van der Waals surface area contributed by atoms with Crippen molar-refractivity contribution >= 4 is 0 Å². The molecule has 0 aromatic carbocycles. The van der Waals surface area contributed by atoms with Crippen LogP contribution in [-0.4, -0.2) is 23.0 Å². The Morgan fingerprint density at radius 2 is 1.86 bits per heavy atom. The van der Waals surface area contributed by atoms with Crippen LogP contribution in [0.3, 0.4) is 0 Å². The van der Waals surface area contributed by atoms with Gasteiger partial charge in [0.05, 0.1) is 0 Å². The Kier molecular flexibility index (Phi) is 8.31. The molecule has 0 spiro atoms. The van der Waals surface area contributed by atoms with Crippen molar-refractivity contribution in [2.45, 2.75) is 12.7 Å². The molecule has 0 aliphatic rings. The highest BCUT2D eigenvalue weighted by Crippen LogP contribution is 1.77. The number of hydrogen-bond acceptors (Lipinski definition) is 4. The largest absolute Gasteiger partial charge is 0.368 e. The molecular formula is C3H12N2O2. The van der Waals surface area contributed by atoms with Crippen molar-refractivity contribution in [2.75, 3.05) is 6.54 Å². The summed E-state index contributed by atoms with van der Waals surface area (Å²) in [5, 5.41) is 16.1. The number of aliphatic hydroxyl groups is 2. The second-order valence-electron chi connectivity index (χ2n) is 1.06. The SMILES string of the molecule is N.NCCC(O)O. The molecule has 0 saturated carbocycles. The first-order chi connectivity index (χ1) is 2.77. The lowest BCUT2D eigenvalue weighted by Crippen LogP contribution is -2.11. The third-order valence-corrected chi connectivity index (χ3v) is 0.425. The molecule has 4 nitrogen and oxygen atoms in total. The lowest BCUT2D eigenvalue weighted by atomic mass is 10.4. The zero-order valence-electron chi connectivity index (χ0n) is 4.17. The van der Waals surface area contributed by atoms with Crippen LogP contribution in [0.4, 0.5) is 0 Å². The van der Waals surface area contributed by atoms with E-state index in [1.54, 1.807) is 0 Å². The normalized spacial score (nSPS) is 8.57. The van der Waals surface area contributed by atoms with Crippen LogP contribution in [0.15, 0.2) is 0 Å². The Hall–Kier alpha value is -0.160. The molecule has 0 rings (SSSR count). The monoisotopic (exact) mass is 108 g/mol. The van der Waals surface area contributed by atoms with Crippen LogP contribution >= 0.6 is 0 Å². The molecule has 46 valence electrons. The number of hydrogen-bond donors (Lipinski definition) is 4. The molecule has 7 heavy (non-hydrogen) atoms. The third-order valence-electron chi connectivity index (χ3n) is 0.425. The molecule has 0 unspecified atom stereocenters. The maximum atomic E-state index is 8.03. The molecule has 0 aliphatic heterocycles. The summed E-state index contributed by atoms with van der Waals surface area (Å²) in [5.74, 6) is 0. The first kappa shape index (κ1) is 9.96. The van der Waals surface area contributed by atoms with Gasteiger partial charge >= 0.3 is 0 Å². The van der Waals surface area contributed by atoms with Crippen molar-refractivity contribution in [1.82, 2.24) is 6.15 Å². The fourth-order valence-corrected chi connectivity index (χ4v) is 0.149. The van der Waals surface area contributed by atoms with Gasteiger partial charge in [0.15, 0.2) is 6.29 Å². The van der Waals surface area contributed by atoms with Crippen molar-refractivity contribution in [2.24, 2.45) is 5.73 Å². The fourth-order valence-electron chi connectivity index (χ4n) is 0.149. The molecule has 0 atom stereocenters. The van der Waals surface area contributed by atoms with Crippen LogP contribution in [0.5, 0.6) is 0 Å². The van der Waals surface area contributed by atoms with E-state index in [0.29, 0.717) is 6.54 Å². The highest BCUT2D eigenvalue weighted by Gasteiger charge is 1.89. The van der Waals surface area contributed by atoms with E-state index in [-0.39, 0.29) is 12.6 Å². The molecule has 0 saturated heterocycles. The van der Waals surface area contributed by atoms with Crippen molar-refractivity contribution in [1.29, 1.82) is 0 Å². The number of rotatable bonds is 2. The smallest absolute Gasteiger partial charge is 0.152 e. The Bertz CT molecular complexity index is 32.1. The Morgan fingerprint density at radius 1 is 1.43 bits per heavy atom. The molecule has 7 N–H and O–H groups in total. The standard InChI is InChI=1S/C3H9NO2.H3N/c4-2-1-3(5)6;/h3,5-6H,1-2,4H2;1H3. The van der Waals surface area contributed by atoms with E-state index in [4.69, 9.17) is 15.9 Å². The minimum atomic E-state index is -1.23. The van der Waals surface area contributed by atoms with Gasteiger partial charge in [-0.25, -0.2) is 0 Å². The highest BCUT2D eigenvalue weighted by atomic mass is 16.5. The topological polar surface area (TPSA) is 101 Å². The van der Waals surface area contributed by atoms with Gasteiger partial charge in [0.25, 0.3) is 0 Å². The van der Waals surface area contributed by atoms with Crippen molar-refractivity contribution in [3.8, 4) is 0 Å². The second kappa shape index (κ2) is 5.84. The summed E-state index contributed by atoms with van der Waals surface area (Å²) in [5.41, 5.74) is 4.91. The molecule has 0 bridgehead atoms. The number of aliphatic hydroxyl groups excluding tert-OH is 1. The Balaban J connectivity index is 0. The molecule has 0 aliphatic carbocycles. The van der Waals surface area contributed by atoms with Gasteiger partial charge in [-0.3, -0.25) is 0 Å². The average molecular weight is 108 g/mol. The van der Waals surface area contributed by atoms with Crippen LogP contribution in [0, 0.1) is 0 Å². The quantitative estimate of drug-likeness (QED) is 0.334. The maximum absolute atomic E-state index is 8.03. The van der Waals surface area contributed by atoms with Crippen molar-refractivity contribution < 1.29 is 10.2 Å². The van der Waals surface area contributed by atoms with Gasteiger partial charge in [-0.1, -0.05) is 0 Å². The van der Waals surface area contributed by atoms with Crippen LogP contribution in [0.25, 0.3) is 0 Å². The molecule has 0 amide bonds. The minimum Gasteiger partial charge on any atom is -0.368 e. The van der Waals surface area contributed by atoms with Gasteiger partial charge in [0, 0.05) is 6.42 Å². The molecule has 0 heterocycles. The predicted octanol–water partition coefficient (Wildman–Crippen LogP) is -1.19. The predicted molar refractivity (Wildman–Crippen MR) is 26.9 cm³/mol. The van der Waals surface area contributed by atoms with Crippen molar-refractivity contribution in [3.63, 3.8) is 0 Å². The van der Waals surface area contributed by atoms with Crippen LogP contribution in [-0.2, 0) is 0 Å². The Labute approximate surface area is 42.5 Å². The summed E-state index contributed by atoms with van der Waals surface area (Å²) in [6, 6.07) is 0. The average Bonchev–Trinajstić information content (AvgIpc) is 1.35. The second-order valence-corrected chi connectivity index (χ2v) is 1.06. The summed E-state index contributed by atoms with van der Waals surface area (Å²) in [6.07, 6.45) is -0.963. The van der Waals surface area contributed by atoms with E-state index in [0.717, 1.165) is 0 Å². The van der Waals surface area contributed by atoms with Gasteiger partial charge < -0.3 is 22.1 Å². The van der Waals surface area contributed by atoms with Gasteiger partial charge in [-0.05, 0) is 6.54 Å². The molecule has 0 radical (unpaired) electrons. The minimum absolute atomic E-state index is 0. The highest BCUT2D eigenvalue weighted by molar-refractivity contribution is 4.35. The Morgan fingerprint density at radius 3 is 1.86 bits per heavy atom. The van der Waals surface area contributed by atoms with E-state index in [1.807, 2.05) is 0 Å². The molecular weight excluding hydrogens is 96.0 g/mol. The van der Waals surface area contributed by atoms with Crippen LogP contribution in [0.1, 0.15) is 6.42 Å². The molecule has 0 aromatic rings. The zero-order chi connectivity index (χ0) is 4.99. The lowest BCUT2D eigenvalue weighted by Gasteiger charge is -1.95. The van der Waals surface area contributed by atoms with Gasteiger partial charge in [-0.15, -0.1) is 0 Å². The maximum Gasteiger partial charge on any atom is 0.152 e. The summed E-state index contributed by atoms with van der Waals surface area (Å²) < 4.78 is 0. The summed E-state index contributed by atoms with van der Waals surface area (Å²) in [4.78, 5) is 0. The summed E-state index contributed by atoms with van der Waals surface area (Å²) in [7, 11) is 0. The van der Waals surface area contributed by atoms with E-state index in [2.05, 4.69) is 0 Å². The van der Waals surface area contributed by atoms with E-state index >= 15 is 0 Å². The first-order valence-corrected chi connectivity index (χ1v) is 1.83. The first-order valence-electron chi connectivity index (χ1n) is 1.83. The molecule has 0 aromatic heterocycles. The van der Waals surface area contributed by atoms with Crippen molar-refractivity contribution in [3.05, 3.63) is 0 Å². The lowest BCUT2D eigenvalue weighted by molar-refractivity contribution is -0.0430. The van der Waals surface area contributed by atoms with Gasteiger partial charge in [0.2, 0.25) is 0 Å². The molecule has 4 heteroatoms. The fraction of sp³-hybridized carbons (Fsp3) is 1.00. The van der Waals surface area contributed by atoms with E-state index < -0.39 is 6.29 Å². The zero-order valence-corrected chi connectivity index (χ0v) is 4.17. The van der Waals surface area contributed by atoms with Crippen LogP contribution in [0.2, 0.25) is 0 Å². The molecule has 0 fully saturated rings. The summed E-state index contributed by atoms with van der Waals surface area (Å²) in [6.45, 7) is 0.331. The van der Waals surface area contributed by atoms with Crippen LogP contribution < -0.4 is 11.9 Å². The third kappa shape index (κ3) is 10.7.